The van der Waals surface area contributed by atoms with Crippen LogP contribution < -0.4 is 26.2 Å². The minimum atomic E-state index is -0.943. The molecule has 9 nitrogen and oxygen atoms in total. The lowest BCUT2D eigenvalue weighted by Crippen LogP contribution is -2.53. The molecule has 1 saturated carbocycles. The lowest BCUT2D eigenvalue weighted by Gasteiger charge is -2.28. The maximum atomic E-state index is 13.5. The molecule has 9 heteroatoms. The zero-order valence-corrected chi connectivity index (χ0v) is 23.6. The molecule has 0 aromatic heterocycles. The molecule has 1 aliphatic carbocycles. The van der Waals surface area contributed by atoms with Crippen molar-refractivity contribution >= 4 is 29.1 Å². The van der Waals surface area contributed by atoms with Gasteiger partial charge < -0.3 is 31.3 Å². The Balaban J connectivity index is 1.44. The molecule has 2 aliphatic rings. The summed E-state index contributed by atoms with van der Waals surface area (Å²) in [7, 11) is 1.77. The second kappa shape index (κ2) is 14.3. The van der Waals surface area contributed by atoms with Crippen molar-refractivity contribution in [3.63, 3.8) is 0 Å². The van der Waals surface area contributed by atoms with E-state index < -0.39 is 18.2 Å². The van der Waals surface area contributed by atoms with Crippen molar-refractivity contribution in [1.82, 2.24) is 16.0 Å². The van der Waals surface area contributed by atoms with Gasteiger partial charge in [0.1, 0.15) is 0 Å². The molecule has 216 valence electrons. The smallest absolute Gasteiger partial charge is 0.251 e. The van der Waals surface area contributed by atoms with Crippen LogP contribution in [0.3, 0.4) is 0 Å². The second-order valence-electron chi connectivity index (χ2n) is 11.0. The normalized spacial score (nSPS) is 18.2. The van der Waals surface area contributed by atoms with Gasteiger partial charge in [-0.1, -0.05) is 49.6 Å². The Morgan fingerprint density at radius 3 is 2.48 bits per heavy atom. The molecule has 0 radical (unpaired) electrons. The van der Waals surface area contributed by atoms with E-state index >= 15 is 0 Å². The number of rotatable bonds is 12. The van der Waals surface area contributed by atoms with Crippen LogP contribution >= 0.6 is 0 Å². The van der Waals surface area contributed by atoms with Gasteiger partial charge in [-0.2, -0.15) is 0 Å². The van der Waals surface area contributed by atoms with Crippen LogP contribution in [0.5, 0.6) is 0 Å². The fourth-order valence-electron chi connectivity index (χ4n) is 5.47. The number of nitrogens with zero attached hydrogens (tertiary/aromatic N) is 1. The molecule has 1 heterocycles. The molecule has 1 saturated heterocycles. The van der Waals surface area contributed by atoms with Crippen molar-refractivity contribution in [1.29, 1.82) is 0 Å². The Morgan fingerprint density at radius 2 is 1.80 bits per heavy atom. The van der Waals surface area contributed by atoms with E-state index in [2.05, 4.69) is 21.3 Å². The second-order valence-corrected chi connectivity index (χ2v) is 11.0. The Hall–Kier alpha value is -3.43. The highest BCUT2D eigenvalue weighted by Crippen LogP contribution is 2.26. The third-order valence-corrected chi connectivity index (χ3v) is 7.91. The van der Waals surface area contributed by atoms with Gasteiger partial charge in [0, 0.05) is 49.5 Å². The van der Waals surface area contributed by atoms with Gasteiger partial charge in [-0.05, 0) is 56.4 Å². The number of hydrogen-bond acceptors (Lipinski definition) is 6. The van der Waals surface area contributed by atoms with Crippen molar-refractivity contribution in [2.24, 2.45) is 0 Å². The van der Waals surface area contributed by atoms with Gasteiger partial charge in [-0.25, -0.2) is 0 Å². The Bertz CT molecular complexity index is 1150. The minimum absolute atomic E-state index is 0.0460. The van der Waals surface area contributed by atoms with Gasteiger partial charge in [0.05, 0.1) is 18.2 Å². The molecule has 3 amide bonds. The first-order valence-corrected chi connectivity index (χ1v) is 14.5. The van der Waals surface area contributed by atoms with Gasteiger partial charge in [0.15, 0.2) is 0 Å². The molecular weight excluding hydrogens is 506 g/mol. The van der Waals surface area contributed by atoms with E-state index in [0.29, 0.717) is 30.6 Å². The van der Waals surface area contributed by atoms with E-state index in [1.807, 2.05) is 36.4 Å². The lowest BCUT2D eigenvalue weighted by molar-refractivity contribution is -0.123. The average Bonchev–Trinajstić information content (AvgIpc) is 3.41. The van der Waals surface area contributed by atoms with Crippen LogP contribution in [0.15, 0.2) is 48.5 Å². The van der Waals surface area contributed by atoms with Crippen molar-refractivity contribution in [3.8, 4) is 0 Å². The van der Waals surface area contributed by atoms with E-state index in [1.165, 1.54) is 6.42 Å². The quantitative estimate of drug-likeness (QED) is 0.278. The molecular formula is C31H43N5O4. The van der Waals surface area contributed by atoms with Gasteiger partial charge in [0.2, 0.25) is 11.8 Å². The molecule has 4 rings (SSSR count). The van der Waals surface area contributed by atoms with E-state index in [4.69, 9.17) is 0 Å². The molecule has 2 aromatic rings. The Kier molecular flexibility index (Phi) is 10.5. The third-order valence-electron chi connectivity index (χ3n) is 7.91. The van der Waals surface area contributed by atoms with Crippen LogP contribution in [0.2, 0.25) is 0 Å². The zero-order chi connectivity index (χ0) is 28.5. The fraction of sp³-hybridized carbons (Fsp3) is 0.516. The molecule has 40 heavy (non-hydrogen) atoms. The van der Waals surface area contributed by atoms with Crippen molar-refractivity contribution in [2.45, 2.75) is 82.5 Å². The number of aliphatic hydroxyl groups excluding tert-OH is 1. The topological polar surface area (TPSA) is 123 Å². The standard InChI is InChI=1S/C31H43N5O4/c1-21(30(39)34-24-12-7-4-8-13-24)33-20-28(37)27(16-22-10-5-3-6-11-22)35-31(40)23-17-25(32-2)19-26(18-23)36-15-9-14-29(36)38/h3,5-6,10-11,17-19,21,24,27-28,32-33,37H,4,7-9,12-16,20H2,1-2H3,(H,34,39)(H,35,40)/t21-,27-,28+/m0/s1. The fourth-order valence-corrected chi connectivity index (χ4v) is 5.47. The summed E-state index contributed by atoms with van der Waals surface area (Å²) in [5.74, 6) is -0.367. The Morgan fingerprint density at radius 1 is 1.05 bits per heavy atom. The molecule has 5 N–H and O–H groups in total. The van der Waals surface area contributed by atoms with Gasteiger partial charge in [-0.15, -0.1) is 0 Å². The van der Waals surface area contributed by atoms with Crippen LogP contribution in [0.4, 0.5) is 11.4 Å². The number of carbonyl (C=O) groups excluding carboxylic acids is 3. The number of anilines is 2. The molecule has 2 fully saturated rings. The molecule has 2 aromatic carbocycles. The van der Waals surface area contributed by atoms with Crippen molar-refractivity contribution in [2.75, 3.05) is 30.4 Å². The molecule has 3 atom stereocenters. The van der Waals surface area contributed by atoms with E-state index in [1.54, 1.807) is 31.0 Å². The summed E-state index contributed by atoms with van der Waals surface area (Å²) in [5, 5.41) is 23.6. The zero-order valence-electron chi connectivity index (χ0n) is 23.6. The number of hydrogen-bond donors (Lipinski definition) is 5. The number of nitrogens with one attached hydrogen (secondary N) is 4. The maximum Gasteiger partial charge on any atom is 0.251 e. The van der Waals surface area contributed by atoms with E-state index in [0.717, 1.165) is 43.4 Å². The maximum absolute atomic E-state index is 13.5. The largest absolute Gasteiger partial charge is 0.390 e. The number of benzene rings is 2. The summed E-state index contributed by atoms with van der Waals surface area (Å²) in [4.78, 5) is 40.3. The first kappa shape index (κ1) is 29.6. The summed E-state index contributed by atoms with van der Waals surface area (Å²) < 4.78 is 0. The van der Waals surface area contributed by atoms with Crippen LogP contribution in [0, 0.1) is 0 Å². The van der Waals surface area contributed by atoms with Gasteiger partial charge >= 0.3 is 0 Å². The summed E-state index contributed by atoms with van der Waals surface area (Å²) in [6.07, 6.45) is 6.28. The number of aliphatic hydroxyl groups is 1. The van der Waals surface area contributed by atoms with E-state index in [-0.39, 0.29) is 30.3 Å². The average molecular weight is 550 g/mol. The summed E-state index contributed by atoms with van der Waals surface area (Å²) in [6, 6.07) is 14.1. The lowest BCUT2D eigenvalue weighted by atomic mass is 9.95. The highest BCUT2D eigenvalue weighted by atomic mass is 16.3. The minimum Gasteiger partial charge on any atom is -0.390 e. The highest BCUT2D eigenvalue weighted by Gasteiger charge is 2.27. The van der Waals surface area contributed by atoms with Crippen LogP contribution in [0.1, 0.15) is 67.8 Å². The van der Waals surface area contributed by atoms with Gasteiger partial charge in [0.25, 0.3) is 5.91 Å². The van der Waals surface area contributed by atoms with Crippen molar-refractivity contribution < 1.29 is 19.5 Å². The third kappa shape index (κ3) is 8.05. The number of amides is 3. The van der Waals surface area contributed by atoms with Crippen molar-refractivity contribution in [3.05, 3.63) is 59.7 Å². The SMILES string of the molecule is CNc1cc(C(=O)N[C@@H](Cc2ccccc2)[C@H](O)CN[C@@H](C)C(=O)NC2CCCCC2)cc(N2CCCC2=O)c1. The predicted octanol–water partition coefficient (Wildman–Crippen LogP) is 2.98. The molecule has 1 aliphatic heterocycles. The highest BCUT2D eigenvalue weighted by molar-refractivity contribution is 6.00. The summed E-state index contributed by atoms with van der Waals surface area (Å²) in [5.41, 5.74) is 2.78. The first-order valence-electron chi connectivity index (χ1n) is 14.5. The first-order chi connectivity index (χ1) is 19.3. The summed E-state index contributed by atoms with van der Waals surface area (Å²) in [6.45, 7) is 2.56. The summed E-state index contributed by atoms with van der Waals surface area (Å²) >= 11 is 0. The predicted molar refractivity (Wildman–Crippen MR) is 157 cm³/mol. The van der Waals surface area contributed by atoms with Crippen LogP contribution in [-0.2, 0) is 16.0 Å². The van der Waals surface area contributed by atoms with Gasteiger partial charge in [-0.3, -0.25) is 14.4 Å². The van der Waals surface area contributed by atoms with Crippen LogP contribution in [0.25, 0.3) is 0 Å². The monoisotopic (exact) mass is 549 g/mol. The van der Waals surface area contributed by atoms with Crippen LogP contribution in [-0.4, -0.2) is 67.2 Å². The molecule has 0 unspecified atom stereocenters. The molecule has 0 bridgehead atoms. The number of carbonyl (C=O) groups is 3. The van der Waals surface area contributed by atoms with E-state index in [9.17, 15) is 19.5 Å². The Labute approximate surface area is 237 Å². The molecule has 0 spiro atoms.